The molecule has 28 heavy (non-hydrogen) atoms. The molecule has 0 saturated carbocycles. The quantitative estimate of drug-likeness (QED) is 0.695. The molecule has 2 rings (SSSR count). The maximum atomic E-state index is 12.7. The number of carbonyl (C=O) groups excluding carboxylic acids is 1. The molecule has 1 N–H and O–H groups in total. The van der Waals surface area contributed by atoms with Crippen LogP contribution in [0.4, 0.5) is 24.5 Å². The SMILES string of the molecule is CS(=O)(=O)N(CCCC(=O)Nc1cccc(C(F)(F)F)c1)c1ccc(Cl)cc1. The highest BCUT2D eigenvalue weighted by molar-refractivity contribution is 7.92. The third-order valence-electron chi connectivity index (χ3n) is 3.75. The number of amides is 1. The molecule has 0 aliphatic heterocycles. The maximum Gasteiger partial charge on any atom is 0.416 e. The van der Waals surface area contributed by atoms with E-state index < -0.39 is 27.7 Å². The van der Waals surface area contributed by atoms with Crippen LogP contribution in [0, 0.1) is 0 Å². The van der Waals surface area contributed by atoms with Crippen molar-refractivity contribution in [2.24, 2.45) is 0 Å². The monoisotopic (exact) mass is 434 g/mol. The van der Waals surface area contributed by atoms with Gasteiger partial charge >= 0.3 is 6.18 Å². The van der Waals surface area contributed by atoms with Gasteiger partial charge in [0.25, 0.3) is 0 Å². The first-order valence-corrected chi connectivity index (χ1v) is 10.4. The van der Waals surface area contributed by atoms with Crippen LogP contribution in [0.5, 0.6) is 0 Å². The summed E-state index contributed by atoms with van der Waals surface area (Å²) in [4.78, 5) is 12.0. The van der Waals surface area contributed by atoms with E-state index in [1.165, 1.54) is 12.1 Å². The number of halogens is 4. The van der Waals surface area contributed by atoms with E-state index in [-0.39, 0.29) is 25.1 Å². The summed E-state index contributed by atoms with van der Waals surface area (Å²) in [6, 6.07) is 10.5. The first-order chi connectivity index (χ1) is 13.0. The highest BCUT2D eigenvalue weighted by Crippen LogP contribution is 2.30. The average Bonchev–Trinajstić information content (AvgIpc) is 2.58. The van der Waals surface area contributed by atoms with Crippen molar-refractivity contribution >= 4 is 38.9 Å². The van der Waals surface area contributed by atoms with E-state index >= 15 is 0 Å². The lowest BCUT2D eigenvalue weighted by Crippen LogP contribution is -2.31. The molecule has 0 aromatic heterocycles. The number of hydrogen-bond acceptors (Lipinski definition) is 3. The zero-order chi connectivity index (χ0) is 20.9. The van der Waals surface area contributed by atoms with E-state index in [0.717, 1.165) is 22.7 Å². The minimum Gasteiger partial charge on any atom is -0.326 e. The molecule has 0 spiro atoms. The van der Waals surface area contributed by atoms with Crippen molar-refractivity contribution in [1.82, 2.24) is 0 Å². The van der Waals surface area contributed by atoms with Crippen LogP contribution < -0.4 is 9.62 Å². The lowest BCUT2D eigenvalue weighted by atomic mass is 10.2. The standard InChI is InChI=1S/C18H18ClF3N2O3S/c1-28(26,27)24(16-9-7-14(19)8-10-16)11-3-6-17(25)23-15-5-2-4-13(12-15)18(20,21)22/h2,4-5,7-10,12H,3,6,11H2,1H3,(H,23,25). The van der Waals surface area contributed by atoms with Gasteiger partial charge in [0.05, 0.1) is 17.5 Å². The zero-order valence-electron chi connectivity index (χ0n) is 14.8. The molecule has 5 nitrogen and oxygen atoms in total. The molecule has 0 aliphatic rings. The van der Waals surface area contributed by atoms with Crippen LogP contribution in [0.1, 0.15) is 18.4 Å². The molecular weight excluding hydrogens is 417 g/mol. The maximum absolute atomic E-state index is 12.7. The Labute approximate surface area is 166 Å². The number of nitrogens with zero attached hydrogens (tertiary/aromatic N) is 1. The van der Waals surface area contributed by atoms with Gasteiger partial charge in [-0.25, -0.2) is 8.42 Å². The Morgan fingerprint density at radius 3 is 2.36 bits per heavy atom. The van der Waals surface area contributed by atoms with Gasteiger partial charge in [-0.3, -0.25) is 9.10 Å². The number of sulfonamides is 1. The number of alkyl halides is 3. The van der Waals surface area contributed by atoms with Crippen molar-refractivity contribution in [3.8, 4) is 0 Å². The molecule has 0 saturated heterocycles. The lowest BCUT2D eigenvalue weighted by molar-refractivity contribution is -0.137. The van der Waals surface area contributed by atoms with Crippen molar-refractivity contribution in [3.63, 3.8) is 0 Å². The van der Waals surface area contributed by atoms with Crippen LogP contribution in [0.2, 0.25) is 5.02 Å². The second-order valence-corrected chi connectivity index (χ2v) is 8.39. The zero-order valence-corrected chi connectivity index (χ0v) is 16.4. The second kappa shape index (κ2) is 8.83. The Hall–Kier alpha value is -2.26. The summed E-state index contributed by atoms with van der Waals surface area (Å²) in [5.41, 5.74) is -0.432. The smallest absolute Gasteiger partial charge is 0.326 e. The highest BCUT2D eigenvalue weighted by atomic mass is 35.5. The van der Waals surface area contributed by atoms with Gasteiger partial charge in [-0.05, 0) is 48.9 Å². The summed E-state index contributed by atoms with van der Waals surface area (Å²) in [5, 5.41) is 2.85. The van der Waals surface area contributed by atoms with Crippen molar-refractivity contribution in [3.05, 3.63) is 59.1 Å². The molecule has 0 radical (unpaired) electrons. The molecule has 0 atom stereocenters. The molecule has 0 aliphatic carbocycles. The molecule has 0 heterocycles. The lowest BCUT2D eigenvalue weighted by Gasteiger charge is -2.22. The number of carbonyl (C=O) groups is 1. The van der Waals surface area contributed by atoms with Crippen LogP contribution in [0.3, 0.4) is 0 Å². The molecule has 2 aromatic rings. The average molecular weight is 435 g/mol. The Morgan fingerprint density at radius 2 is 1.79 bits per heavy atom. The molecular formula is C18H18ClF3N2O3S. The van der Waals surface area contributed by atoms with Crippen LogP contribution >= 0.6 is 11.6 Å². The second-order valence-electron chi connectivity index (χ2n) is 6.04. The van der Waals surface area contributed by atoms with Gasteiger partial charge in [-0.1, -0.05) is 17.7 Å². The first kappa shape index (κ1) is 22.0. The Balaban J connectivity index is 1.97. The Kier molecular flexibility index (Phi) is 6.95. The molecule has 10 heteroatoms. The van der Waals surface area contributed by atoms with Gasteiger partial charge in [0.15, 0.2) is 0 Å². The number of benzene rings is 2. The summed E-state index contributed by atoms with van der Waals surface area (Å²) in [6.45, 7) is 0.0382. The van der Waals surface area contributed by atoms with Gasteiger partial charge in [-0.15, -0.1) is 0 Å². The van der Waals surface area contributed by atoms with Gasteiger partial charge in [0.1, 0.15) is 0 Å². The number of rotatable bonds is 7. The molecule has 0 bridgehead atoms. The summed E-state index contributed by atoms with van der Waals surface area (Å²) >= 11 is 5.80. The van der Waals surface area contributed by atoms with Crippen molar-refractivity contribution in [1.29, 1.82) is 0 Å². The molecule has 1 amide bonds. The van der Waals surface area contributed by atoms with E-state index in [1.54, 1.807) is 24.3 Å². The molecule has 152 valence electrons. The van der Waals surface area contributed by atoms with E-state index in [1.807, 2.05) is 0 Å². The van der Waals surface area contributed by atoms with Crippen LogP contribution in [0.25, 0.3) is 0 Å². The normalized spacial score (nSPS) is 11.9. The van der Waals surface area contributed by atoms with Gasteiger partial charge < -0.3 is 5.32 Å². The minimum atomic E-state index is -4.50. The Bertz CT molecular complexity index is 932. The topological polar surface area (TPSA) is 66.5 Å². The van der Waals surface area contributed by atoms with Gasteiger partial charge in [0.2, 0.25) is 15.9 Å². The first-order valence-electron chi connectivity index (χ1n) is 8.17. The van der Waals surface area contributed by atoms with Crippen LogP contribution in [-0.2, 0) is 21.0 Å². The third-order valence-corrected chi connectivity index (χ3v) is 5.20. The predicted molar refractivity (Wildman–Crippen MR) is 103 cm³/mol. The third kappa shape index (κ3) is 6.42. The number of anilines is 2. The highest BCUT2D eigenvalue weighted by Gasteiger charge is 2.30. The van der Waals surface area contributed by atoms with Crippen molar-refractivity contribution in [2.75, 3.05) is 22.4 Å². The number of nitrogens with one attached hydrogen (secondary N) is 1. The minimum absolute atomic E-state index is 0.0255. The summed E-state index contributed by atoms with van der Waals surface area (Å²) in [7, 11) is -3.58. The van der Waals surface area contributed by atoms with E-state index in [0.29, 0.717) is 10.7 Å². The number of hydrogen-bond donors (Lipinski definition) is 1. The van der Waals surface area contributed by atoms with Crippen molar-refractivity contribution < 1.29 is 26.4 Å². The van der Waals surface area contributed by atoms with E-state index in [4.69, 9.17) is 11.6 Å². The largest absolute Gasteiger partial charge is 0.416 e. The Morgan fingerprint density at radius 1 is 1.14 bits per heavy atom. The van der Waals surface area contributed by atoms with Crippen LogP contribution in [0.15, 0.2) is 48.5 Å². The van der Waals surface area contributed by atoms with E-state index in [2.05, 4.69) is 5.32 Å². The summed E-state index contributed by atoms with van der Waals surface area (Å²) in [5.74, 6) is -0.510. The van der Waals surface area contributed by atoms with Gasteiger partial charge in [0, 0.05) is 23.7 Å². The fourth-order valence-corrected chi connectivity index (χ4v) is 3.57. The van der Waals surface area contributed by atoms with E-state index in [9.17, 15) is 26.4 Å². The molecule has 2 aromatic carbocycles. The molecule has 0 fully saturated rings. The summed E-state index contributed by atoms with van der Waals surface area (Å²) in [6.07, 6.45) is -3.34. The van der Waals surface area contributed by atoms with Crippen molar-refractivity contribution in [2.45, 2.75) is 19.0 Å². The fraction of sp³-hybridized carbons (Fsp3) is 0.278. The van der Waals surface area contributed by atoms with Crippen LogP contribution in [-0.4, -0.2) is 27.1 Å². The van der Waals surface area contributed by atoms with Gasteiger partial charge in [-0.2, -0.15) is 13.2 Å². The summed E-state index contributed by atoms with van der Waals surface area (Å²) < 4.78 is 63.3. The molecule has 0 unspecified atom stereocenters. The predicted octanol–water partition coefficient (Wildman–Crippen LogP) is 4.54. The fourth-order valence-electron chi connectivity index (χ4n) is 2.47.